The number of sulfone groups is 1. The van der Waals surface area contributed by atoms with Gasteiger partial charge in [0.2, 0.25) is 0 Å². The Hall–Kier alpha value is -2.49. The topological polar surface area (TPSA) is 71.3 Å². The molecule has 1 fully saturated rings. The standard InChI is InChI=1S/C26H33ClFN5O2S/c1-5-15-36(34,35)18-20-9-10-22(28)25(24(20)27)33-17-23(29-30-33)19-7-6-8-21(16-19)31-11-13-32(14-12-31)26(2,3)4/h6-10,16-17H,5,11-15,18H2,1-4H3. The van der Waals surface area contributed by atoms with Crippen LogP contribution in [-0.2, 0) is 15.6 Å². The van der Waals surface area contributed by atoms with Gasteiger partial charge in [0.05, 0.1) is 22.7 Å². The quantitative estimate of drug-likeness (QED) is 0.427. The van der Waals surface area contributed by atoms with Crippen molar-refractivity contribution < 1.29 is 12.8 Å². The molecule has 0 saturated carbocycles. The third-order valence-electron chi connectivity index (χ3n) is 6.50. The second-order valence-corrected chi connectivity index (χ2v) is 12.8. The van der Waals surface area contributed by atoms with Gasteiger partial charge in [-0.2, -0.15) is 0 Å². The lowest BCUT2D eigenvalue weighted by atomic mass is 10.0. The van der Waals surface area contributed by atoms with Crippen LogP contribution in [0.15, 0.2) is 42.6 Å². The van der Waals surface area contributed by atoms with Gasteiger partial charge in [0, 0.05) is 43.0 Å². The van der Waals surface area contributed by atoms with E-state index in [0.717, 1.165) is 37.4 Å². The minimum Gasteiger partial charge on any atom is -0.369 e. The van der Waals surface area contributed by atoms with Crippen LogP contribution in [0.3, 0.4) is 0 Å². The van der Waals surface area contributed by atoms with Crippen molar-refractivity contribution >= 4 is 27.1 Å². The molecule has 0 bridgehead atoms. The van der Waals surface area contributed by atoms with Crippen LogP contribution in [-0.4, -0.2) is 65.8 Å². The molecule has 1 aromatic heterocycles. The lowest BCUT2D eigenvalue weighted by molar-refractivity contribution is 0.128. The van der Waals surface area contributed by atoms with Crippen molar-refractivity contribution in [2.24, 2.45) is 0 Å². The van der Waals surface area contributed by atoms with Crippen LogP contribution in [0.4, 0.5) is 10.1 Å². The van der Waals surface area contributed by atoms with Crippen LogP contribution in [0.1, 0.15) is 39.7 Å². The molecule has 1 aliphatic rings. The number of piperazine rings is 1. The lowest BCUT2D eigenvalue weighted by Crippen LogP contribution is -2.53. The van der Waals surface area contributed by atoms with Gasteiger partial charge in [-0.05, 0) is 51.0 Å². The molecular formula is C26H33ClFN5O2S. The van der Waals surface area contributed by atoms with Crippen LogP contribution in [0.2, 0.25) is 5.02 Å². The maximum Gasteiger partial charge on any atom is 0.154 e. The van der Waals surface area contributed by atoms with Gasteiger partial charge in [0.25, 0.3) is 0 Å². The number of halogens is 2. The number of nitrogens with zero attached hydrogens (tertiary/aromatic N) is 5. The minimum atomic E-state index is -3.34. The molecule has 4 rings (SSSR count). The molecule has 0 aliphatic carbocycles. The third kappa shape index (κ3) is 5.90. The largest absolute Gasteiger partial charge is 0.369 e. The molecule has 2 aromatic carbocycles. The highest BCUT2D eigenvalue weighted by Crippen LogP contribution is 2.31. The predicted molar refractivity (Wildman–Crippen MR) is 143 cm³/mol. The highest BCUT2D eigenvalue weighted by Gasteiger charge is 2.26. The van der Waals surface area contributed by atoms with Gasteiger partial charge in [-0.25, -0.2) is 17.5 Å². The zero-order valence-electron chi connectivity index (χ0n) is 21.2. The number of hydrogen-bond donors (Lipinski definition) is 0. The number of hydrogen-bond acceptors (Lipinski definition) is 6. The fourth-order valence-electron chi connectivity index (χ4n) is 4.53. The van der Waals surface area contributed by atoms with E-state index in [-0.39, 0.29) is 27.8 Å². The Bertz CT molecular complexity index is 1330. The first-order valence-electron chi connectivity index (χ1n) is 12.2. The molecule has 2 heterocycles. The molecule has 0 atom stereocenters. The summed E-state index contributed by atoms with van der Waals surface area (Å²) in [5, 5.41) is 8.39. The summed E-state index contributed by atoms with van der Waals surface area (Å²) in [6, 6.07) is 10.7. The van der Waals surface area contributed by atoms with Gasteiger partial charge in [-0.1, -0.05) is 41.9 Å². The second kappa shape index (κ2) is 10.5. The summed E-state index contributed by atoms with van der Waals surface area (Å²) in [5.74, 6) is -0.803. The molecule has 10 heteroatoms. The van der Waals surface area contributed by atoms with Crippen molar-refractivity contribution in [3.05, 3.63) is 59.0 Å². The Labute approximate surface area is 217 Å². The molecule has 7 nitrogen and oxygen atoms in total. The van der Waals surface area contributed by atoms with Gasteiger partial charge < -0.3 is 4.90 Å². The van der Waals surface area contributed by atoms with Gasteiger partial charge in [0.1, 0.15) is 17.2 Å². The second-order valence-electron chi connectivity index (χ2n) is 10.2. The zero-order valence-corrected chi connectivity index (χ0v) is 22.8. The van der Waals surface area contributed by atoms with Gasteiger partial charge in [0.15, 0.2) is 9.84 Å². The summed E-state index contributed by atoms with van der Waals surface area (Å²) in [4.78, 5) is 4.84. The first-order chi connectivity index (χ1) is 17.0. The van der Waals surface area contributed by atoms with E-state index in [1.165, 1.54) is 16.8 Å². The summed E-state index contributed by atoms with van der Waals surface area (Å²) >= 11 is 6.48. The van der Waals surface area contributed by atoms with Crippen molar-refractivity contribution in [2.45, 2.75) is 45.4 Å². The van der Waals surface area contributed by atoms with E-state index in [2.05, 4.69) is 53.0 Å². The van der Waals surface area contributed by atoms with Crippen LogP contribution in [0, 0.1) is 5.82 Å². The van der Waals surface area contributed by atoms with Crippen LogP contribution < -0.4 is 4.90 Å². The lowest BCUT2D eigenvalue weighted by Gasteiger charge is -2.43. The van der Waals surface area contributed by atoms with E-state index in [4.69, 9.17) is 11.6 Å². The Morgan fingerprint density at radius 1 is 1.08 bits per heavy atom. The van der Waals surface area contributed by atoms with Crippen molar-refractivity contribution in [2.75, 3.05) is 36.8 Å². The molecular weight excluding hydrogens is 501 g/mol. The summed E-state index contributed by atoms with van der Waals surface area (Å²) in [6.07, 6.45) is 2.12. The summed E-state index contributed by atoms with van der Waals surface area (Å²) < 4.78 is 40.7. The first kappa shape index (κ1) is 26.6. The molecule has 0 spiro atoms. The van der Waals surface area contributed by atoms with Gasteiger partial charge in [-0.15, -0.1) is 5.10 Å². The fourth-order valence-corrected chi connectivity index (χ4v) is 6.39. The number of anilines is 1. The maximum absolute atomic E-state index is 14.8. The molecule has 1 saturated heterocycles. The van der Waals surface area contributed by atoms with Crippen LogP contribution in [0.5, 0.6) is 0 Å². The zero-order chi connectivity index (χ0) is 26.1. The average Bonchev–Trinajstić information content (AvgIpc) is 3.30. The molecule has 0 unspecified atom stereocenters. The predicted octanol–water partition coefficient (Wildman–Crippen LogP) is 4.97. The highest BCUT2D eigenvalue weighted by molar-refractivity contribution is 7.90. The van der Waals surface area contributed by atoms with E-state index in [1.54, 1.807) is 13.1 Å². The number of aromatic nitrogens is 3. The van der Waals surface area contributed by atoms with E-state index >= 15 is 0 Å². The maximum atomic E-state index is 14.8. The number of benzene rings is 2. The molecule has 36 heavy (non-hydrogen) atoms. The number of rotatable bonds is 7. The monoisotopic (exact) mass is 533 g/mol. The van der Waals surface area contributed by atoms with Crippen molar-refractivity contribution in [1.82, 2.24) is 19.9 Å². The van der Waals surface area contributed by atoms with Crippen molar-refractivity contribution in [3.63, 3.8) is 0 Å². The highest BCUT2D eigenvalue weighted by atomic mass is 35.5. The Balaban J connectivity index is 1.58. The molecule has 0 amide bonds. The molecule has 1 aliphatic heterocycles. The van der Waals surface area contributed by atoms with Crippen molar-refractivity contribution in [3.8, 4) is 16.9 Å². The Morgan fingerprint density at radius 3 is 2.47 bits per heavy atom. The average molecular weight is 534 g/mol. The van der Waals surface area contributed by atoms with Gasteiger partial charge >= 0.3 is 0 Å². The smallest absolute Gasteiger partial charge is 0.154 e. The third-order valence-corrected chi connectivity index (χ3v) is 8.70. The van der Waals surface area contributed by atoms with Crippen LogP contribution >= 0.6 is 11.6 Å². The first-order valence-corrected chi connectivity index (χ1v) is 14.4. The van der Waals surface area contributed by atoms with E-state index in [0.29, 0.717) is 17.7 Å². The van der Waals surface area contributed by atoms with Crippen molar-refractivity contribution in [1.29, 1.82) is 0 Å². The molecule has 0 N–H and O–H groups in total. The minimum absolute atomic E-state index is 0.00549. The van der Waals surface area contributed by atoms with Gasteiger partial charge in [-0.3, -0.25) is 4.90 Å². The Morgan fingerprint density at radius 2 is 1.81 bits per heavy atom. The van der Waals surface area contributed by atoms with E-state index in [9.17, 15) is 12.8 Å². The molecule has 194 valence electrons. The van der Waals surface area contributed by atoms with Crippen LogP contribution in [0.25, 0.3) is 16.9 Å². The molecule has 0 radical (unpaired) electrons. The molecule has 3 aromatic rings. The summed E-state index contributed by atoms with van der Waals surface area (Å²) in [6.45, 7) is 12.4. The van der Waals surface area contributed by atoms with E-state index in [1.807, 2.05) is 12.1 Å². The normalized spacial score (nSPS) is 15.4. The summed E-state index contributed by atoms with van der Waals surface area (Å²) in [7, 11) is -3.34. The Kier molecular flexibility index (Phi) is 7.73. The summed E-state index contributed by atoms with van der Waals surface area (Å²) in [5.41, 5.74) is 3.02. The fraction of sp³-hybridized carbons (Fsp3) is 0.462. The van der Waals surface area contributed by atoms with E-state index < -0.39 is 15.7 Å². The SMILES string of the molecule is CCCS(=O)(=O)Cc1ccc(F)c(-n2cc(-c3cccc(N4CCN(C(C)(C)C)CC4)c3)nn2)c1Cl.